The zero-order valence-corrected chi connectivity index (χ0v) is 11.3. The van der Waals surface area contributed by atoms with Gasteiger partial charge >= 0.3 is 0 Å². The number of rotatable bonds is 5. The Labute approximate surface area is 113 Å². The van der Waals surface area contributed by atoms with Crippen molar-refractivity contribution < 1.29 is 9.84 Å². The molecule has 0 bridgehead atoms. The number of benzene rings is 1. The molecule has 1 aromatic carbocycles. The first kappa shape index (κ1) is 13.6. The zero-order valence-electron chi connectivity index (χ0n) is 11.3. The van der Waals surface area contributed by atoms with Crippen LogP contribution in [0.2, 0.25) is 0 Å². The molecule has 3 heteroatoms. The molecule has 3 nitrogen and oxygen atoms in total. The Morgan fingerprint density at radius 3 is 2.42 bits per heavy atom. The van der Waals surface area contributed by atoms with Crippen LogP contribution in [0.15, 0.2) is 42.6 Å². The van der Waals surface area contributed by atoms with E-state index >= 15 is 0 Å². The molecule has 0 radical (unpaired) electrons. The van der Waals surface area contributed by atoms with Crippen LogP contribution < -0.4 is 4.74 Å². The fraction of sp³-hybridized carbons (Fsp3) is 0.312. The molecule has 0 aliphatic carbocycles. The van der Waals surface area contributed by atoms with E-state index in [4.69, 9.17) is 4.74 Å². The number of pyridine rings is 1. The lowest BCUT2D eigenvalue weighted by atomic mass is 10.1. The molecule has 0 aliphatic rings. The van der Waals surface area contributed by atoms with Crippen molar-refractivity contribution in [2.75, 3.05) is 0 Å². The summed E-state index contributed by atoms with van der Waals surface area (Å²) in [7, 11) is 0. The van der Waals surface area contributed by atoms with E-state index in [9.17, 15) is 5.11 Å². The van der Waals surface area contributed by atoms with Crippen LogP contribution in [0, 0.1) is 0 Å². The van der Waals surface area contributed by atoms with E-state index in [0.29, 0.717) is 5.88 Å². The Bertz CT molecular complexity index is 503. The molecule has 19 heavy (non-hydrogen) atoms. The maximum atomic E-state index is 9.40. The molecule has 0 unspecified atom stereocenters. The van der Waals surface area contributed by atoms with Crippen molar-refractivity contribution in [2.24, 2.45) is 0 Å². The van der Waals surface area contributed by atoms with Crippen molar-refractivity contribution in [3.8, 4) is 11.6 Å². The summed E-state index contributed by atoms with van der Waals surface area (Å²) in [6, 6.07) is 11.6. The van der Waals surface area contributed by atoms with E-state index < -0.39 is 6.10 Å². The SMILES string of the molecule is CCCc1ccc(Oc2ccc([C@H](C)O)cn2)cc1. The summed E-state index contributed by atoms with van der Waals surface area (Å²) < 4.78 is 5.65. The van der Waals surface area contributed by atoms with Crippen LogP contribution in [0.3, 0.4) is 0 Å². The standard InChI is InChI=1S/C16H19NO2/c1-3-4-13-5-8-15(9-6-13)19-16-10-7-14(11-17-16)12(2)18/h5-12,18H,3-4H2,1-2H3/t12-/m0/s1. The van der Waals surface area contributed by atoms with E-state index in [-0.39, 0.29) is 0 Å². The van der Waals surface area contributed by atoms with Crippen molar-refractivity contribution in [1.82, 2.24) is 4.98 Å². The van der Waals surface area contributed by atoms with Crippen molar-refractivity contribution in [2.45, 2.75) is 32.8 Å². The quantitative estimate of drug-likeness (QED) is 0.883. The van der Waals surface area contributed by atoms with Gasteiger partial charge in [0.1, 0.15) is 5.75 Å². The number of hydrogen-bond acceptors (Lipinski definition) is 3. The fourth-order valence-electron chi connectivity index (χ4n) is 1.83. The zero-order chi connectivity index (χ0) is 13.7. The highest BCUT2D eigenvalue weighted by Gasteiger charge is 2.03. The molecule has 2 rings (SSSR count). The minimum Gasteiger partial charge on any atom is -0.439 e. The van der Waals surface area contributed by atoms with Gasteiger partial charge in [-0.15, -0.1) is 0 Å². The second kappa shape index (κ2) is 6.34. The van der Waals surface area contributed by atoms with Crippen LogP contribution in [-0.4, -0.2) is 10.1 Å². The summed E-state index contributed by atoms with van der Waals surface area (Å²) >= 11 is 0. The van der Waals surface area contributed by atoms with Crippen LogP contribution in [0.4, 0.5) is 0 Å². The van der Waals surface area contributed by atoms with Crippen LogP contribution in [0.25, 0.3) is 0 Å². The maximum absolute atomic E-state index is 9.40. The molecule has 0 aliphatic heterocycles. The smallest absolute Gasteiger partial charge is 0.219 e. The van der Waals surface area contributed by atoms with Gasteiger partial charge in [-0.2, -0.15) is 0 Å². The number of ether oxygens (including phenoxy) is 1. The third-order valence-corrected chi connectivity index (χ3v) is 2.93. The summed E-state index contributed by atoms with van der Waals surface area (Å²) in [4.78, 5) is 4.17. The summed E-state index contributed by atoms with van der Waals surface area (Å²) in [6.45, 7) is 3.88. The molecule has 100 valence electrons. The monoisotopic (exact) mass is 257 g/mol. The lowest BCUT2D eigenvalue weighted by molar-refractivity contribution is 0.198. The molecule has 0 amide bonds. The van der Waals surface area contributed by atoms with Gasteiger partial charge in [0.2, 0.25) is 5.88 Å². The first-order valence-electron chi connectivity index (χ1n) is 6.60. The molecule has 2 aromatic rings. The highest BCUT2D eigenvalue weighted by molar-refractivity contribution is 5.31. The van der Waals surface area contributed by atoms with Gasteiger partial charge in [0, 0.05) is 12.3 Å². The highest BCUT2D eigenvalue weighted by Crippen LogP contribution is 2.21. The summed E-state index contributed by atoms with van der Waals surface area (Å²) in [5, 5.41) is 9.40. The lowest BCUT2D eigenvalue weighted by Gasteiger charge is -2.07. The highest BCUT2D eigenvalue weighted by atomic mass is 16.5. The van der Waals surface area contributed by atoms with Gasteiger partial charge in [-0.25, -0.2) is 4.98 Å². The Morgan fingerprint density at radius 2 is 1.89 bits per heavy atom. The summed E-state index contributed by atoms with van der Waals surface area (Å²) in [5.41, 5.74) is 2.10. The minimum absolute atomic E-state index is 0.505. The molecule has 0 saturated heterocycles. The summed E-state index contributed by atoms with van der Waals surface area (Å²) in [5.74, 6) is 1.31. The van der Waals surface area contributed by atoms with Gasteiger partial charge < -0.3 is 9.84 Å². The number of nitrogens with zero attached hydrogens (tertiary/aromatic N) is 1. The van der Waals surface area contributed by atoms with Crippen molar-refractivity contribution in [1.29, 1.82) is 0 Å². The van der Waals surface area contributed by atoms with Gasteiger partial charge in [-0.05, 0) is 42.7 Å². The van der Waals surface area contributed by atoms with Crippen LogP contribution in [0.1, 0.15) is 37.5 Å². The molecular weight excluding hydrogens is 238 g/mol. The molecule has 1 aromatic heterocycles. The number of aliphatic hydroxyl groups excluding tert-OH is 1. The van der Waals surface area contributed by atoms with Crippen LogP contribution in [-0.2, 0) is 6.42 Å². The van der Waals surface area contributed by atoms with Gasteiger partial charge in [-0.3, -0.25) is 0 Å². The molecular formula is C16H19NO2. The average Bonchev–Trinajstić information content (AvgIpc) is 2.42. The van der Waals surface area contributed by atoms with Gasteiger partial charge in [0.15, 0.2) is 0 Å². The largest absolute Gasteiger partial charge is 0.439 e. The molecule has 0 saturated carbocycles. The Kier molecular flexibility index (Phi) is 4.53. The van der Waals surface area contributed by atoms with Crippen molar-refractivity contribution in [3.63, 3.8) is 0 Å². The van der Waals surface area contributed by atoms with Crippen LogP contribution >= 0.6 is 0 Å². The third-order valence-electron chi connectivity index (χ3n) is 2.93. The predicted octanol–water partition coefficient (Wildman–Crippen LogP) is 3.88. The maximum Gasteiger partial charge on any atom is 0.219 e. The number of hydrogen-bond donors (Lipinski definition) is 1. The molecule has 1 atom stereocenters. The van der Waals surface area contributed by atoms with Gasteiger partial charge in [0.25, 0.3) is 0 Å². The average molecular weight is 257 g/mol. The van der Waals surface area contributed by atoms with E-state index in [1.807, 2.05) is 18.2 Å². The third kappa shape index (κ3) is 3.80. The van der Waals surface area contributed by atoms with E-state index in [0.717, 1.165) is 24.2 Å². The first-order chi connectivity index (χ1) is 9.19. The Hall–Kier alpha value is -1.87. The van der Waals surface area contributed by atoms with Gasteiger partial charge in [0.05, 0.1) is 6.10 Å². The first-order valence-corrected chi connectivity index (χ1v) is 6.60. The van der Waals surface area contributed by atoms with E-state index in [1.165, 1.54) is 5.56 Å². The van der Waals surface area contributed by atoms with Crippen LogP contribution in [0.5, 0.6) is 11.6 Å². The topological polar surface area (TPSA) is 42.4 Å². The van der Waals surface area contributed by atoms with Gasteiger partial charge in [-0.1, -0.05) is 25.5 Å². The van der Waals surface area contributed by atoms with E-state index in [2.05, 4.69) is 24.0 Å². The van der Waals surface area contributed by atoms with Crippen molar-refractivity contribution >= 4 is 0 Å². The normalized spacial score (nSPS) is 12.2. The lowest BCUT2D eigenvalue weighted by Crippen LogP contribution is -1.93. The fourth-order valence-corrected chi connectivity index (χ4v) is 1.83. The molecule has 0 spiro atoms. The van der Waals surface area contributed by atoms with E-state index in [1.54, 1.807) is 19.2 Å². The Morgan fingerprint density at radius 1 is 1.16 bits per heavy atom. The number of aliphatic hydroxyl groups is 1. The van der Waals surface area contributed by atoms with Crippen molar-refractivity contribution in [3.05, 3.63) is 53.7 Å². The number of aryl methyl sites for hydroxylation is 1. The molecule has 0 fully saturated rings. The Balaban J connectivity index is 2.04. The molecule has 1 N–H and O–H groups in total. The second-order valence-corrected chi connectivity index (χ2v) is 4.60. The minimum atomic E-state index is -0.505. The second-order valence-electron chi connectivity index (χ2n) is 4.60. The number of aromatic nitrogens is 1. The summed E-state index contributed by atoms with van der Waals surface area (Å²) in [6.07, 6.45) is 3.35. The predicted molar refractivity (Wildman–Crippen MR) is 75.4 cm³/mol. The molecule has 1 heterocycles.